The molecule has 1 saturated heterocycles. The van der Waals surface area contributed by atoms with Crippen LogP contribution in [0.2, 0.25) is 0 Å². The van der Waals surface area contributed by atoms with Crippen LogP contribution in [-0.2, 0) is 0 Å². The summed E-state index contributed by atoms with van der Waals surface area (Å²) in [5, 5.41) is 14.7. The fourth-order valence-corrected chi connectivity index (χ4v) is 2.86. The topological polar surface area (TPSA) is 71.3 Å². The molecule has 6 heteroatoms. The second kappa shape index (κ2) is 5.75. The summed E-state index contributed by atoms with van der Waals surface area (Å²) in [6, 6.07) is 4.02. The number of hydrogen-bond acceptors (Lipinski definition) is 5. The Hall–Kier alpha value is -1.69. The lowest BCUT2D eigenvalue weighted by atomic mass is 10.0. The maximum Gasteiger partial charge on any atom is 0.311 e. The lowest BCUT2D eigenvalue weighted by Gasteiger charge is -2.31. The smallest absolute Gasteiger partial charge is 0.311 e. The van der Waals surface area contributed by atoms with Crippen molar-refractivity contribution in [2.45, 2.75) is 44.2 Å². The van der Waals surface area contributed by atoms with Crippen LogP contribution < -0.4 is 10.2 Å². The van der Waals surface area contributed by atoms with Crippen molar-refractivity contribution in [3.05, 3.63) is 28.4 Å². The maximum atomic E-state index is 11.2. The van der Waals surface area contributed by atoms with Gasteiger partial charge in [-0.2, -0.15) is 0 Å². The summed E-state index contributed by atoms with van der Waals surface area (Å²) >= 11 is 0. The third-order valence-electron chi connectivity index (χ3n) is 4.05. The largest absolute Gasteiger partial charge is 0.346 e. The van der Waals surface area contributed by atoms with E-state index in [9.17, 15) is 10.1 Å². The summed E-state index contributed by atoms with van der Waals surface area (Å²) in [5.41, 5.74) is 0.121. The van der Waals surface area contributed by atoms with E-state index >= 15 is 0 Å². The lowest BCUT2D eigenvalue weighted by Crippen LogP contribution is -2.45. The first-order valence-corrected chi connectivity index (χ1v) is 7.35. The van der Waals surface area contributed by atoms with E-state index in [1.165, 1.54) is 12.8 Å². The van der Waals surface area contributed by atoms with Gasteiger partial charge in [-0.05, 0) is 38.3 Å². The van der Waals surface area contributed by atoms with Crippen LogP contribution in [0, 0.1) is 10.1 Å². The quantitative estimate of drug-likeness (QED) is 0.658. The number of nitro groups is 1. The number of piperidine rings is 1. The van der Waals surface area contributed by atoms with E-state index in [4.69, 9.17) is 0 Å². The van der Waals surface area contributed by atoms with Gasteiger partial charge in [-0.15, -0.1) is 0 Å². The summed E-state index contributed by atoms with van der Waals surface area (Å²) < 4.78 is 0. The minimum atomic E-state index is -0.327. The third-order valence-corrected chi connectivity index (χ3v) is 4.05. The van der Waals surface area contributed by atoms with E-state index in [2.05, 4.69) is 15.2 Å². The minimum Gasteiger partial charge on any atom is -0.346 e. The van der Waals surface area contributed by atoms with Gasteiger partial charge in [-0.25, -0.2) is 4.98 Å². The van der Waals surface area contributed by atoms with Crippen molar-refractivity contribution < 1.29 is 4.92 Å². The van der Waals surface area contributed by atoms with Crippen LogP contribution in [0.3, 0.4) is 0 Å². The SMILES string of the molecule is O=[N+]([O-])c1cccnc1N(CC1CCCCN1)C1CC1. The van der Waals surface area contributed by atoms with Gasteiger partial charge in [0.2, 0.25) is 5.82 Å². The van der Waals surface area contributed by atoms with E-state index in [0.717, 1.165) is 32.4 Å². The van der Waals surface area contributed by atoms with Crippen molar-refractivity contribution in [2.24, 2.45) is 0 Å². The Kier molecular flexibility index (Phi) is 3.82. The molecule has 1 N–H and O–H groups in total. The van der Waals surface area contributed by atoms with Crippen molar-refractivity contribution in [3.8, 4) is 0 Å². The van der Waals surface area contributed by atoms with Gasteiger partial charge in [0.05, 0.1) is 4.92 Å². The third kappa shape index (κ3) is 2.90. The Morgan fingerprint density at radius 3 is 2.90 bits per heavy atom. The fraction of sp³-hybridized carbons (Fsp3) is 0.643. The zero-order valence-electron chi connectivity index (χ0n) is 11.5. The molecule has 0 radical (unpaired) electrons. The van der Waals surface area contributed by atoms with Crippen molar-refractivity contribution >= 4 is 11.5 Å². The predicted octanol–water partition coefficient (Wildman–Crippen LogP) is 2.10. The van der Waals surface area contributed by atoms with Crippen LogP contribution in [0.1, 0.15) is 32.1 Å². The average molecular weight is 276 g/mol. The molecule has 6 nitrogen and oxygen atoms in total. The lowest BCUT2D eigenvalue weighted by molar-refractivity contribution is -0.384. The van der Waals surface area contributed by atoms with Gasteiger partial charge < -0.3 is 10.2 Å². The molecule has 3 rings (SSSR count). The number of aromatic nitrogens is 1. The molecule has 108 valence electrons. The standard InChI is InChI=1S/C14H20N4O2/c19-18(20)13-5-3-9-16-14(13)17(12-6-7-12)10-11-4-1-2-8-15-11/h3,5,9,11-12,15H,1-2,4,6-8,10H2. The van der Waals surface area contributed by atoms with Crippen LogP contribution in [0.5, 0.6) is 0 Å². The molecule has 1 aliphatic carbocycles. The molecular weight excluding hydrogens is 256 g/mol. The molecule has 2 fully saturated rings. The highest BCUT2D eigenvalue weighted by molar-refractivity contribution is 5.58. The van der Waals surface area contributed by atoms with Gasteiger partial charge in [0.15, 0.2) is 0 Å². The Morgan fingerprint density at radius 2 is 2.25 bits per heavy atom. The van der Waals surface area contributed by atoms with Gasteiger partial charge in [0.25, 0.3) is 0 Å². The Morgan fingerprint density at radius 1 is 1.40 bits per heavy atom. The van der Waals surface area contributed by atoms with Gasteiger partial charge in [-0.1, -0.05) is 6.42 Å². The van der Waals surface area contributed by atoms with Crippen molar-refractivity contribution in [3.63, 3.8) is 0 Å². The number of nitrogens with one attached hydrogen (secondary N) is 1. The van der Waals surface area contributed by atoms with E-state index in [1.54, 1.807) is 18.3 Å². The summed E-state index contributed by atoms with van der Waals surface area (Å²) in [4.78, 5) is 17.3. The molecule has 1 unspecified atom stereocenters. The van der Waals surface area contributed by atoms with Crippen LogP contribution in [0.25, 0.3) is 0 Å². The van der Waals surface area contributed by atoms with Crippen LogP contribution in [-0.4, -0.2) is 35.1 Å². The highest BCUT2D eigenvalue weighted by Gasteiger charge is 2.35. The molecule has 1 atom stereocenters. The summed E-state index contributed by atoms with van der Waals surface area (Å²) in [6.45, 7) is 1.87. The summed E-state index contributed by atoms with van der Waals surface area (Å²) in [5.74, 6) is 0.535. The maximum absolute atomic E-state index is 11.2. The number of hydrogen-bond donors (Lipinski definition) is 1. The van der Waals surface area contributed by atoms with Crippen LogP contribution >= 0.6 is 0 Å². The van der Waals surface area contributed by atoms with E-state index in [-0.39, 0.29) is 10.6 Å². The average Bonchev–Trinajstić information content (AvgIpc) is 3.30. The second-order valence-electron chi connectivity index (χ2n) is 5.63. The molecule has 1 aromatic rings. The predicted molar refractivity (Wildman–Crippen MR) is 76.9 cm³/mol. The molecule has 0 bridgehead atoms. The first-order chi connectivity index (χ1) is 9.75. The van der Waals surface area contributed by atoms with Crippen LogP contribution in [0.15, 0.2) is 18.3 Å². The molecule has 20 heavy (non-hydrogen) atoms. The normalized spacial score (nSPS) is 22.5. The summed E-state index contributed by atoms with van der Waals surface area (Å²) in [6.07, 6.45) is 7.47. The number of pyridine rings is 1. The minimum absolute atomic E-state index is 0.121. The molecule has 2 heterocycles. The molecule has 0 aromatic carbocycles. The second-order valence-corrected chi connectivity index (χ2v) is 5.63. The van der Waals surface area contributed by atoms with Gasteiger partial charge in [0.1, 0.15) is 0 Å². The molecule has 1 saturated carbocycles. The van der Waals surface area contributed by atoms with Gasteiger partial charge in [0, 0.05) is 30.9 Å². The van der Waals surface area contributed by atoms with Crippen molar-refractivity contribution in [1.29, 1.82) is 0 Å². The molecule has 1 aliphatic heterocycles. The van der Waals surface area contributed by atoms with Crippen LogP contribution in [0.4, 0.5) is 11.5 Å². The number of rotatable bonds is 5. The van der Waals surface area contributed by atoms with Crippen molar-refractivity contribution in [1.82, 2.24) is 10.3 Å². The molecular formula is C14H20N4O2. The zero-order valence-corrected chi connectivity index (χ0v) is 11.5. The molecule has 2 aliphatic rings. The first kappa shape index (κ1) is 13.3. The first-order valence-electron chi connectivity index (χ1n) is 7.35. The Balaban J connectivity index is 1.81. The highest BCUT2D eigenvalue weighted by atomic mass is 16.6. The Bertz CT molecular complexity index is 484. The summed E-state index contributed by atoms with van der Waals surface area (Å²) in [7, 11) is 0. The van der Waals surface area contributed by atoms with Gasteiger partial charge in [-0.3, -0.25) is 10.1 Å². The van der Waals surface area contributed by atoms with E-state index < -0.39 is 0 Å². The monoisotopic (exact) mass is 276 g/mol. The zero-order chi connectivity index (χ0) is 13.9. The molecule has 0 amide bonds. The Labute approximate surface area is 118 Å². The fourth-order valence-electron chi connectivity index (χ4n) is 2.86. The number of anilines is 1. The van der Waals surface area contributed by atoms with Gasteiger partial charge >= 0.3 is 5.69 Å². The van der Waals surface area contributed by atoms with E-state index in [0.29, 0.717) is 17.9 Å². The highest BCUT2D eigenvalue weighted by Crippen LogP contribution is 2.35. The molecule has 0 spiro atoms. The molecule has 1 aromatic heterocycles. The number of nitrogens with zero attached hydrogens (tertiary/aromatic N) is 3. The van der Waals surface area contributed by atoms with Crippen molar-refractivity contribution in [2.75, 3.05) is 18.0 Å². The van der Waals surface area contributed by atoms with E-state index in [1.807, 2.05) is 0 Å².